The summed E-state index contributed by atoms with van der Waals surface area (Å²) in [5, 5.41) is 0. The van der Waals surface area contributed by atoms with Gasteiger partial charge in [0.2, 0.25) is 6.35 Å². The number of ether oxygens (including phenoxy) is 1. The van der Waals surface area contributed by atoms with Gasteiger partial charge in [0.15, 0.2) is 0 Å². The van der Waals surface area contributed by atoms with Gasteiger partial charge in [-0.2, -0.15) is 0 Å². The lowest BCUT2D eigenvalue weighted by Gasteiger charge is -2.12. The Balaban J connectivity index is 3.57. The fourth-order valence-electron chi connectivity index (χ4n) is 0.848. The first kappa shape index (κ1) is 12.3. The molecule has 0 bridgehead atoms. The molecule has 0 aromatic carbocycles. The molecule has 8 N–H and O–H groups in total. The molecule has 0 aromatic rings. The molecule has 0 aromatic heterocycles. The zero-order chi connectivity index (χ0) is 10.3. The van der Waals surface area contributed by atoms with Gasteiger partial charge in [0, 0.05) is 0 Å². The summed E-state index contributed by atoms with van der Waals surface area (Å²) >= 11 is 0. The number of unbranched alkanes of at least 4 members (excludes halogenated alkanes) is 1. The molecular formula is C7H18N4O2. The third-order valence-electron chi connectivity index (χ3n) is 1.52. The van der Waals surface area contributed by atoms with Crippen molar-refractivity contribution in [1.82, 2.24) is 0 Å². The molecule has 0 aliphatic rings. The van der Waals surface area contributed by atoms with Gasteiger partial charge in [-0.25, -0.2) is 0 Å². The zero-order valence-electron chi connectivity index (χ0n) is 7.61. The molecule has 0 saturated carbocycles. The molecule has 6 nitrogen and oxygen atoms in total. The molecule has 13 heavy (non-hydrogen) atoms. The quantitative estimate of drug-likeness (QED) is 0.222. The summed E-state index contributed by atoms with van der Waals surface area (Å²) in [7, 11) is 0. The molecule has 0 saturated heterocycles. The molecule has 0 fully saturated rings. The Morgan fingerprint density at radius 2 is 1.85 bits per heavy atom. The molecule has 0 rings (SSSR count). The van der Waals surface area contributed by atoms with E-state index in [1.54, 1.807) is 0 Å². The number of nitrogens with two attached hydrogens (primary N) is 4. The number of hydrogen-bond acceptors (Lipinski definition) is 6. The Morgan fingerprint density at radius 1 is 1.23 bits per heavy atom. The Bertz CT molecular complexity index is 151. The van der Waals surface area contributed by atoms with Crippen molar-refractivity contribution in [3.05, 3.63) is 0 Å². The van der Waals surface area contributed by atoms with Crippen LogP contribution < -0.4 is 22.9 Å². The summed E-state index contributed by atoms with van der Waals surface area (Å²) in [5.74, 6) is -0.563. The average molecular weight is 190 g/mol. The standard InChI is InChI=1S/C7H18N4O2/c8-4-2-1-3-5(9)6(12)13-7(10)11/h5,7H,1-4,8-11H2/t5-/m0/s1. The van der Waals surface area contributed by atoms with Crippen molar-refractivity contribution < 1.29 is 9.53 Å². The first-order valence-corrected chi connectivity index (χ1v) is 4.25. The molecular weight excluding hydrogens is 172 g/mol. The van der Waals surface area contributed by atoms with E-state index in [9.17, 15) is 4.79 Å². The third-order valence-corrected chi connectivity index (χ3v) is 1.52. The van der Waals surface area contributed by atoms with Gasteiger partial charge >= 0.3 is 5.97 Å². The van der Waals surface area contributed by atoms with E-state index in [1.165, 1.54) is 0 Å². The summed E-state index contributed by atoms with van der Waals surface area (Å²) in [6, 6.07) is -0.652. The molecule has 0 amide bonds. The number of carbonyl (C=O) groups is 1. The second-order valence-electron chi connectivity index (χ2n) is 2.79. The number of rotatable bonds is 6. The average Bonchev–Trinajstić information content (AvgIpc) is 2.03. The third kappa shape index (κ3) is 6.47. The minimum atomic E-state index is -1.09. The van der Waals surface area contributed by atoms with E-state index in [0.29, 0.717) is 13.0 Å². The Morgan fingerprint density at radius 3 is 2.31 bits per heavy atom. The summed E-state index contributed by atoms with van der Waals surface area (Å²) in [6.07, 6.45) is 1.10. The predicted octanol–water partition coefficient (Wildman–Crippen LogP) is -1.81. The lowest BCUT2D eigenvalue weighted by Crippen LogP contribution is -2.42. The SMILES string of the molecule is NCCCC[C@H](N)C(=O)OC(N)N. The van der Waals surface area contributed by atoms with E-state index >= 15 is 0 Å². The van der Waals surface area contributed by atoms with Crippen LogP contribution in [0, 0.1) is 0 Å². The van der Waals surface area contributed by atoms with Gasteiger partial charge in [0.25, 0.3) is 0 Å². The van der Waals surface area contributed by atoms with E-state index in [2.05, 4.69) is 4.74 Å². The molecule has 0 aliphatic heterocycles. The van der Waals surface area contributed by atoms with Crippen molar-refractivity contribution in [2.45, 2.75) is 31.7 Å². The summed E-state index contributed by atoms with van der Waals surface area (Å²) in [5.41, 5.74) is 20.8. The second kappa shape index (κ2) is 6.79. The smallest absolute Gasteiger partial charge is 0.325 e. The van der Waals surface area contributed by atoms with Gasteiger partial charge < -0.3 is 16.2 Å². The van der Waals surface area contributed by atoms with Crippen LogP contribution in [0.3, 0.4) is 0 Å². The van der Waals surface area contributed by atoms with Crippen LogP contribution >= 0.6 is 0 Å². The van der Waals surface area contributed by atoms with Gasteiger partial charge in [-0.05, 0) is 19.4 Å². The number of carbonyl (C=O) groups excluding carboxylic acids is 1. The molecule has 1 atom stereocenters. The number of esters is 1. The predicted molar refractivity (Wildman–Crippen MR) is 49.1 cm³/mol. The maximum atomic E-state index is 11.0. The highest BCUT2D eigenvalue weighted by Gasteiger charge is 2.15. The topological polar surface area (TPSA) is 130 Å². The monoisotopic (exact) mass is 190 g/mol. The molecule has 6 heteroatoms. The van der Waals surface area contributed by atoms with Crippen molar-refractivity contribution in [2.75, 3.05) is 6.54 Å². The molecule has 78 valence electrons. The zero-order valence-corrected chi connectivity index (χ0v) is 7.61. The van der Waals surface area contributed by atoms with Crippen molar-refractivity contribution >= 4 is 5.97 Å². The van der Waals surface area contributed by atoms with Crippen molar-refractivity contribution in [3.8, 4) is 0 Å². The van der Waals surface area contributed by atoms with Gasteiger partial charge in [0.1, 0.15) is 6.04 Å². The molecule has 0 aliphatic carbocycles. The normalized spacial score (nSPS) is 13.0. The summed E-state index contributed by atoms with van der Waals surface area (Å²) in [6.45, 7) is 0.595. The van der Waals surface area contributed by atoms with Crippen LogP contribution in [0.1, 0.15) is 19.3 Å². The van der Waals surface area contributed by atoms with E-state index in [4.69, 9.17) is 22.9 Å². The van der Waals surface area contributed by atoms with Gasteiger partial charge in [-0.15, -0.1) is 0 Å². The summed E-state index contributed by atoms with van der Waals surface area (Å²) < 4.78 is 4.50. The van der Waals surface area contributed by atoms with Gasteiger partial charge in [-0.3, -0.25) is 16.3 Å². The second-order valence-corrected chi connectivity index (χ2v) is 2.79. The molecule has 0 spiro atoms. The number of hydrogen-bond donors (Lipinski definition) is 4. The van der Waals surface area contributed by atoms with Crippen LogP contribution in [0.5, 0.6) is 0 Å². The van der Waals surface area contributed by atoms with Crippen molar-refractivity contribution in [3.63, 3.8) is 0 Å². The fraction of sp³-hybridized carbons (Fsp3) is 0.857. The maximum absolute atomic E-state index is 11.0. The van der Waals surface area contributed by atoms with E-state index in [0.717, 1.165) is 12.8 Å². The van der Waals surface area contributed by atoms with Gasteiger partial charge in [-0.1, -0.05) is 6.42 Å². The first-order valence-electron chi connectivity index (χ1n) is 4.25. The van der Waals surface area contributed by atoms with E-state index in [1.807, 2.05) is 0 Å². The largest absolute Gasteiger partial charge is 0.432 e. The molecule has 0 heterocycles. The summed E-state index contributed by atoms with van der Waals surface area (Å²) in [4.78, 5) is 11.0. The van der Waals surface area contributed by atoms with E-state index < -0.39 is 18.4 Å². The van der Waals surface area contributed by atoms with Crippen LogP contribution in [0.15, 0.2) is 0 Å². The Labute approximate surface area is 77.6 Å². The Hall–Kier alpha value is -0.690. The Kier molecular flexibility index (Phi) is 6.43. The highest BCUT2D eigenvalue weighted by atomic mass is 16.6. The fourth-order valence-corrected chi connectivity index (χ4v) is 0.848. The highest BCUT2D eigenvalue weighted by molar-refractivity contribution is 5.75. The van der Waals surface area contributed by atoms with E-state index in [-0.39, 0.29) is 0 Å². The molecule has 0 radical (unpaired) electrons. The van der Waals surface area contributed by atoms with Crippen LogP contribution in [0.2, 0.25) is 0 Å². The first-order chi connectivity index (χ1) is 6.07. The van der Waals surface area contributed by atoms with Crippen LogP contribution in [0.25, 0.3) is 0 Å². The van der Waals surface area contributed by atoms with Crippen LogP contribution in [-0.4, -0.2) is 24.9 Å². The highest BCUT2D eigenvalue weighted by Crippen LogP contribution is 1.99. The van der Waals surface area contributed by atoms with Crippen molar-refractivity contribution in [1.29, 1.82) is 0 Å². The maximum Gasteiger partial charge on any atom is 0.325 e. The minimum absolute atomic E-state index is 0.544. The van der Waals surface area contributed by atoms with Crippen LogP contribution in [-0.2, 0) is 9.53 Å². The lowest BCUT2D eigenvalue weighted by molar-refractivity contribution is -0.150. The minimum Gasteiger partial charge on any atom is -0.432 e. The lowest BCUT2D eigenvalue weighted by atomic mass is 10.1. The van der Waals surface area contributed by atoms with Crippen LogP contribution in [0.4, 0.5) is 0 Å². The molecule has 0 unspecified atom stereocenters. The van der Waals surface area contributed by atoms with Crippen molar-refractivity contribution in [2.24, 2.45) is 22.9 Å². The van der Waals surface area contributed by atoms with Gasteiger partial charge in [0.05, 0.1) is 0 Å².